The molecule has 176 valence electrons. The largest absolute Gasteiger partial charge is 0.497 e. The summed E-state index contributed by atoms with van der Waals surface area (Å²) in [5.41, 5.74) is 4.02. The smallest absolute Gasteiger partial charge is 0.254 e. The molecule has 8 heteroatoms. The van der Waals surface area contributed by atoms with Crippen LogP contribution >= 0.6 is 0 Å². The highest BCUT2D eigenvalue weighted by Crippen LogP contribution is 2.28. The van der Waals surface area contributed by atoms with E-state index < -0.39 is 0 Å². The molecule has 2 amide bonds. The van der Waals surface area contributed by atoms with Gasteiger partial charge in [0.25, 0.3) is 5.91 Å². The number of carbonyl (C=O) groups is 2. The van der Waals surface area contributed by atoms with Gasteiger partial charge in [0.05, 0.1) is 13.2 Å². The van der Waals surface area contributed by atoms with Gasteiger partial charge >= 0.3 is 0 Å². The molecule has 2 aromatic carbocycles. The second-order valence-corrected chi connectivity index (χ2v) is 8.43. The number of ether oxygens (including phenoxy) is 1. The van der Waals surface area contributed by atoms with Crippen LogP contribution in [0.5, 0.6) is 5.75 Å². The van der Waals surface area contributed by atoms with Crippen molar-refractivity contribution in [2.75, 3.05) is 32.1 Å². The Labute approximate surface area is 199 Å². The van der Waals surface area contributed by atoms with Crippen molar-refractivity contribution in [1.82, 2.24) is 19.8 Å². The van der Waals surface area contributed by atoms with E-state index in [1.807, 2.05) is 67.3 Å². The molecule has 1 aromatic heterocycles. The van der Waals surface area contributed by atoms with Crippen LogP contribution in [-0.4, -0.2) is 58.3 Å². The Hall–Kier alpha value is -3.94. The van der Waals surface area contributed by atoms with Crippen LogP contribution in [0.15, 0.2) is 54.6 Å². The Morgan fingerprint density at radius 3 is 2.35 bits per heavy atom. The molecule has 4 rings (SSSR count). The zero-order valence-electron chi connectivity index (χ0n) is 19.9. The quantitative estimate of drug-likeness (QED) is 0.623. The first kappa shape index (κ1) is 23.2. The minimum Gasteiger partial charge on any atom is -0.497 e. The molecule has 1 aliphatic heterocycles. The molecule has 34 heavy (non-hydrogen) atoms. The predicted octanol–water partition coefficient (Wildman–Crippen LogP) is 3.89. The van der Waals surface area contributed by atoms with Crippen molar-refractivity contribution in [2.24, 2.45) is 0 Å². The van der Waals surface area contributed by atoms with Crippen molar-refractivity contribution in [3.63, 3.8) is 0 Å². The third kappa shape index (κ3) is 5.17. The maximum atomic E-state index is 13.4. The monoisotopic (exact) mass is 459 g/mol. The predicted molar refractivity (Wildman–Crippen MR) is 130 cm³/mol. The number of hydrogen-bond donors (Lipinski definition) is 1. The van der Waals surface area contributed by atoms with Crippen LogP contribution in [0.25, 0.3) is 0 Å². The van der Waals surface area contributed by atoms with Crippen molar-refractivity contribution in [3.8, 4) is 5.75 Å². The molecule has 3 aromatic rings. The summed E-state index contributed by atoms with van der Waals surface area (Å²) in [7, 11) is 1.62. The number of nitrogens with zero attached hydrogens (tertiary/aromatic N) is 4. The lowest BCUT2D eigenvalue weighted by Crippen LogP contribution is -2.51. The van der Waals surface area contributed by atoms with E-state index >= 15 is 0 Å². The molecular weight excluding hydrogens is 430 g/mol. The standard InChI is InChI=1S/C26H29N5O3/c1-17-14-18(2)28-26(27-17)29-22-7-5-6-21(15-22)25(33)30-12-13-31(19(3)32)24(16-30)20-8-10-23(34-4)11-9-20/h5-11,14-15,24H,12-13,16H2,1-4H3,(H,27,28,29)/t24-/m0/s1. The third-order valence-electron chi connectivity index (χ3n) is 5.92. The zero-order chi connectivity index (χ0) is 24.2. The number of benzene rings is 2. The van der Waals surface area contributed by atoms with E-state index in [4.69, 9.17) is 4.74 Å². The third-order valence-corrected chi connectivity index (χ3v) is 5.92. The van der Waals surface area contributed by atoms with Gasteiger partial charge in [-0.25, -0.2) is 9.97 Å². The van der Waals surface area contributed by atoms with Crippen molar-refractivity contribution >= 4 is 23.5 Å². The molecule has 8 nitrogen and oxygen atoms in total. The molecule has 1 N–H and O–H groups in total. The molecule has 0 bridgehead atoms. The van der Waals surface area contributed by atoms with Crippen LogP contribution in [0.3, 0.4) is 0 Å². The number of amides is 2. The minimum absolute atomic E-state index is 0.00689. The van der Waals surface area contributed by atoms with Crippen molar-refractivity contribution < 1.29 is 14.3 Å². The lowest BCUT2D eigenvalue weighted by atomic mass is 10.0. The summed E-state index contributed by atoms with van der Waals surface area (Å²) in [5.74, 6) is 1.16. The van der Waals surface area contributed by atoms with Crippen LogP contribution in [-0.2, 0) is 4.79 Å². The van der Waals surface area contributed by atoms with Gasteiger partial charge in [0, 0.05) is 49.2 Å². The van der Waals surface area contributed by atoms with Gasteiger partial charge in [0.1, 0.15) is 5.75 Å². The van der Waals surface area contributed by atoms with Gasteiger partial charge in [-0.1, -0.05) is 18.2 Å². The number of methoxy groups -OCH3 is 1. The molecule has 0 aliphatic carbocycles. The molecule has 1 saturated heterocycles. The van der Waals surface area contributed by atoms with Crippen molar-refractivity contribution in [3.05, 3.63) is 77.1 Å². The number of nitrogens with one attached hydrogen (secondary N) is 1. The van der Waals surface area contributed by atoms with E-state index in [0.29, 0.717) is 31.1 Å². The van der Waals surface area contributed by atoms with Gasteiger partial charge in [-0.3, -0.25) is 9.59 Å². The fraction of sp³-hybridized carbons (Fsp3) is 0.308. The fourth-order valence-electron chi connectivity index (χ4n) is 4.28. The number of hydrogen-bond acceptors (Lipinski definition) is 6. The number of rotatable bonds is 5. The average molecular weight is 460 g/mol. The van der Waals surface area contributed by atoms with E-state index in [1.54, 1.807) is 25.0 Å². The molecule has 0 unspecified atom stereocenters. The molecule has 2 heterocycles. The van der Waals surface area contributed by atoms with E-state index in [-0.39, 0.29) is 17.9 Å². The van der Waals surface area contributed by atoms with Crippen molar-refractivity contribution in [2.45, 2.75) is 26.8 Å². The van der Waals surface area contributed by atoms with Gasteiger partial charge in [-0.15, -0.1) is 0 Å². The van der Waals surface area contributed by atoms with Gasteiger partial charge in [-0.05, 0) is 55.8 Å². The summed E-state index contributed by atoms with van der Waals surface area (Å²) in [5, 5.41) is 3.19. The summed E-state index contributed by atoms with van der Waals surface area (Å²) in [6.45, 7) is 6.77. The molecule has 1 fully saturated rings. The highest BCUT2D eigenvalue weighted by atomic mass is 16.5. The van der Waals surface area contributed by atoms with E-state index in [1.165, 1.54) is 0 Å². The second-order valence-electron chi connectivity index (χ2n) is 8.43. The maximum Gasteiger partial charge on any atom is 0.254 e. The summed E-state index contributed by atoms with van der Waals surface area (Å²) < 4.78 is 5.25. The highest BCUT2D eigenvalue weighted by molar-refractivity contribution is 5.95. The Kier molecular flexibility index (Phi) is 6.77. The van der Waals surface area contributed by atoms with Crippen molar-refractivity contribution in [1.29, 1.82) is 0 Å². The van der Waals surface area contributed by atoms with Gasteiger partial charge < -0.3 is 19.9 Å². The molecule has 1 atom stereocenters. The molecular formula is C26H29N5O3. The van der Waals surface area contributed by atoms with Gasteiger partial charge in [0.15, 0.2) is 0 Å². The number of aromatic nitrogens is 2. The fourth-order valence-corrected chi connectivity index (χ4v) is 4.28. The number of carbonyl (C=O) groups excluding carboxylic acids is 2. The zero-order valence-corrected chi connectivity index (χ0v) is 19.9. The summed E-state index contributed by atoms with van der Waals surface area (Å²) in [4.78, 5) is 38.2. The summed E-state index contributed by atoms with van der Waals surface area (Å²) >= 11 is 0. The van der Waals surface area contributed by atoms with Crippen LogP contribution in [0.4, 0.5) is 11.6 Å². The average Bonchev–Trinajstić information content (AvgIpc) is 2.82. The maximum absolute atomic E-state index is 13.4. The first-order valence-corrected chi connectivity index (χ1v) is 11.2. The number of anilines is 2. The summed E-state index contributed by atoms with van der Waals surface area (Å²) in [6.07, 6.45) is 0. The normalized spacial score (nSPS) is 15.7. The number of piperazine rings is 1. The SMILES string of the molecule is COc1ccc([C@@H]2CN(C(=O)c3cccc(Nc4nc(C)cc(C)n4)c3)CCN2C(C)=O)cc1. The summed E-state index contributed by atoms with van der Waals surface area (Å²) in [6, 6.07) is 16.7. The lowest BCUT2D eigenvalue weighted by Gasteiger charge is -2.41. The first-order valence-electron chi connectivity index (χ1n) is 11.2. The van der Waals surface area contributed by atoms with Crippen LogP contribution in [0.2, 0.25) is 0 Å². The van der Waals surface area contributed by atoms with E-state index in [9.17, 15) is 9.59 Å². The minimum atomic E-state index is -0.217. The van der Waals surface area contributed by atoms with Crippen LogP contribution < -0.4 is 10.1 Å². The second kappa shape index (κ2) is 9.91. The first-order chi connectivity index (χ1) is 16.3. The van der Waals surface area contributed by atoms with E-state index in [0.717, 1.165) is 28.4 Å². The molecule has 0 radical (unpaired) electrons. The molecule has 0 spiro atoms. The number of aryl methyl sites for hydroxylation is 2. The molecule has 0 saturated carbocycles. The van der Waals surface area contributed by atoms with E-state index in [2.05, 4.69) is 15.3 Å². The van der Waals surface area contributed by atoms with Gasteiger partial charge in [0.2, 0.25) is 11.9 Å². The Morgan fingerprint density at radius 1 is 1.00 bits per heavy atom. The van der Waals surface area contributed by atoms with Crippen LogP contribution in [0, 0.1) is 13.8 Å². The lowest BCUT2D eigenvalue weighted by molar-refractivity contribution is -0.133. The topological polar surface area (TPSA) is 87.7 Å². The Morgan fingerprint density at radius 2 is 1.71 bits per heavy atom. The Balaban J connectivity index is 1.54. The Bertz CT molecular complexity index is 1180. The van der Waals surface area contributed by atoms with Gasteiger partial charge in [-0.2, -0.15) is 0 Å². The molecule has 1 aliphatic rings. The highest BCUT2D eigenvalue weighted by Gasteiger charge is 2.32. The van der Waals surface area contributed by atoms with Crippen LogP contribution in [0.1, 0.15) is 40.3 Å².